The third-order valence-corrected chi connectivity index (χ3v) is 2.97. The van der Waals surface area contributed by atoms with Crippen molar-refractivity contribution in [3.8, 4) is 0 Å². The van der Waals surface area contributed by atoms with Gasteiger partial charge in [-0.25, -0.2) is 4.99 Å². The number of methoxy groups -OCH3 is 1. The molecule has 0 aromatic heterocycles. The number of hydrogen-bond donors (Lipinski definition) is 2. The molecule has 0 aromatic carbocycles. The van der Waals surface area contributed by atoms with Gasteiger partial charge < -0.3 is 15.6 Å². The highest BCUT2D eigenvalue weighted by Gasteiger charge is 2.11. The van der Waals surface area contributed by atoms with Crippen molar-refractivity contribution in [2.45, 2.75) is 32.7 Å². The summed E-state index contributed by atoms with van der Waals surface area (Å²) >= 11 is 0. The molecule has 0 aromatic rings. The van der Waals surface area contributed by atoms with Gasteiger partial charge >= 0.3 is 0 Å². The second-order valence-electron chi connectivity index (χ2n) is 4.58. The first-order chi connectivity index (χ1) is 9.37. The van der Waals surface area contributed by atoms with Crippen LogP contribution in [0.2, 0.25) is 0 Å². The minimum Gasteiger partial charge on any atom is -0.398 e. The average Bonchev–Trinajstić information content (AvgIpc) is 2.47. The Morgan fingerprint density at radius 2 is 2.15 bits per heavy atom. The zero-order valence-electron chi connectivity index (χ0n) is 12.8. The van der Waals surface area contributed by atoms with Crippen molar-refractivity contribution < 1.29 is 9.84 Å². The van der Waals surface area contributed by atoms with E-state index in [1.165, 1.54) is 7.11 Å². The Kier molecular flexibility index (Phi) is 8.71. The quantitative estimate of drug-likeness (QED) is 0.303. The van der Waals surface area contributed by atoms with Crippen molar-refractivity contribution in [3.63, 3.8) is 0 Å². The lowest BCUT2D eigenvalue weighted by Gasteiger charge is -2.22. The number of nitrogens with two attached hydrogens (primary N) is 1. The Labute approximate surface area is 121 Å². The van der Waals surface area contributed by atoms with Gasteiger partial charge in [0.25, 0.3) is 0 Å². The Bertz CT molecular complexity index is 391. The van der Waals surface area contributed by atoms with Crippen LogP contribution in [0.5, 0.6) is 0 Å². The minimum atomic E-state index is -0.902. The summed E-state index contributed by atoms with van der Waals surface area (Å²) in [7, 11) is 3.23. The van der Waals surface area contributed by atoms with Crippen LogP contribution in [0, 0.1) is 0 Å². The van der Waals surface area contributed by atoms with Crippen LogP contribution < -0.4 is 5.73 Å². The van der Waals surface area contributed by atoms with E-state index in [1.54, 1.807) is 18.0 Å². The van der Waals surface area contributed by atoms with Gasteiger partial charge in [0, 0.05) is 24.9 Å². The molecule has 0 spiro atoms. The fraction of sp³-hybridized carbons (Fsp3) is 0.571. The highest BCUT2D eigenvalue weighted by Crippen LogP contribution is 2.08. The molecule has 2 atom stereocenters. The molecule has 0 aliphatic carbocycles. The summed E-state index contributed by atoms with van der Waals surface area (Å²) in [5, 5.41) is 9.46. The van der Waals surface area contributed by atoms with E-state index in [0.29, 0.717) is 18.1 Å². The van der Waals surface area contributed by atoms with Crippen molar-refractivity contribution in [1.29, 1.82) is 0 Å². The number of allylic oxidation sites excluding steroid dienone is 1. The topological polar surface area (TPSA) is 83.4 Å². The first-order valence-corrected chi connectivity index (χ1v) is 6.42. The Morgan fingerprint density at radius 3 is 2.60 bits per heavy atom. The summed E-state index contributed by atoms with van der Waals surface area (Å²) in [6.07, 6.45) is 1.40. The van der Waals surface area contributed by atoms with E-state index in [2.05, 4.69) is 23.3 Å². The predicted molar refractivity (Wildman–Crippen MR) is 83.8 cm³/mol. The Balaban J connectivity index is 4.69. The van der Waals surface area contributed by atoms with Crippen molar-refractivity contribution >= 4 is 12.6 Å². The van der Waals surface area contributed by atoms with Crippen LogP contribution in [0.4, 0.5) is 0 Å². The maximum atomic E-state index is 9.46. The van der Waals surface area contributed by atoms with Gasteiger partial charge in [-0.2, -0.15) is 0 Å². The van der Waals surface area contributed by atoms with E-state index in [-0.39, 0.29) is 6.04 Å². The number of hydrogen-bond acceptors (Lipinski definition) is 5. The second-order valence-corrected chi connectivity index (χ2v) is 4.58. The summed E-state index contributed by atoms with van der Waals surface area (Å²) in [5.74, 6) is 0.518. The van der Waals surface area contributed by atoms with Gasteiger partial charge in [0.1, 0.15) is 0 Å². The zero-order chi connectivity index (χ0) is 15.7. The SMILES string of the molecule is C=CC(N)=C(C)C(N=C)=NC(C)CCN(C)C(O)OC. The lowest BCUT2D eigenvalue weighted by Crippen LogP contribution is -2.34. The van der Waals surface area contributed by atoms with Crippen molar-refractivity contribution in [3.05, 3.63) is 23.9 Å². The normalized spacial score (nSPS) is 16.6. The first kappa shape index (κ1) is 18.5. The molecule has 0 aliphatic rings. The predicted octanol–water partition coefficient (Wildman–Crippen LogP) is 1.14. The lowest BCUT2D eigenvalue weighted by molar-refractivity contribution is -0.167. The van der Waals surface area contributed by atoms with Crippen molar-refractivity contribution in [2.75, 3.05) is 20.7 Å². The summed E-state index contributed by atoms with van der Waals surface area (Å²) in [4.78, 5) is 10.1. The zero-order valence-corrected chi connectivity index (χ0v) is 12.8. The Morgan fingerprint density at radius 1 is 1.55 bits per heavy atom. The summed E-state index contributed by atoms with van der Waals surface area (Å²) in [5.41, 5.74) is 7.08. The van der Waals surface area contributed by atoms with Gasteiger partial charge in [-0.05, 0) is 40.1 Å². The molecule has 0 saturated heterocycles. The van der Waals surface area contributed by atoms with Crippen LogP contribution in [0.15, 0.2) is 33.9 Å². The highest BCUT2D eigenvalue weighted by molar-refractivity contribution is 6.01. The number of aliphatic imine (C=N–C) groups is 2. The molecule has 0 aliphatic heterocycles. The van der Waals surface area contributed by atoms with E-state index in [0.717, 1.165) is 12.0 Å². The van der Waals surface area contributed by atoms with Gasteiger partial charge in [0.05, 0.1) is 6.04 Å². The van der Waals surface area contributed by atoms with Crippen molar-refractivity contribution in [2.24, 2.45) is 15.7 Å². The molecule has 20 heavy (non-hydrogen) atoms. The molecule has 3 N–H and O–H groups in total. The van der Waals surface area contributed by atoms with E-state index in [9.17, 15) is 5.11 Å². The fourth-order valence-electron chi connectivity index (χ4n) is 1.49. The largest absolute Gasteiger partial charge is 0.398 e. The van der Waals surface area contributed by atoms with E-state index in [4.69, 9.17) is 10.5 Å². The van der Waals surface area contributed by atoms with E-state index >= 15 is 0 Å². The number of ether oxygens (including phenoxy) is 1. The molecule has 0 saturated carbocycles. The summed E-state index contributed by atoms with van der Waals surface area (Å²) in [6, 6.07) is 0.0228. The van der Waals surface area contributed by atoms with Gasteiger partial charge in [-0.3, -0.25) is 9.89 Å². The second kappa shape index (κ2) is 9.41. The smallest absolute Gasteiger partial charge is 0.215 e. The van der Waals surface area contributed by atoms with Crippen LogP contribution >= 0.6 is 0 Å². The fourth-order valence-corrected chi connectivity index (χ4v) is 1.49. The van der Waals surface area contributed by atoms with Crippen LogP contribution in [0.25, 0.3) is 0 Å². The van der Waals surface area contributed by atoms with Crippen LogP contribution in [0.3, 0.4) is 0 Å². The average molecular weight is 282 g/mol. The monoisotopic (exact) mass is 282 g/mol. The molecule has 6 nitrogen and oxygen atoms in total. The molecule has 0 fully saturated rings. The molecule has 114 valence electrons. The van der Waals surface area contributed by atoms with Gasteiger partial charge in [-0.1, -0.05) is 6.58 Å². The maximum absolute atomic E-state index is 9.46. The van der Waals surface area contributed by atoms with E-state index < -0.39 is 6.41 Å². The first-order valence-electron chi connectivity index (χ1n) is 6.42. The molecule has 6 heteroatoms. The number of aliphatic hydroxyl groups is 1. The number of amidine groups is 1. The molecule has 0 bridgehead atoms. The summed E-state index contributed by atoms with van der Waals surface area (Å²) < 4.78 is 4.81. The molecule has 0 heterocycles. The third-order valence-electron chi connectivity index (χ3n) is 2.97. The van der Waals surface area contributed by atoms with Gasteiger partial charge in [-0.15, -0.1) is 0 Å². The number of nitrogens with zero attached hydrogens (tertiary/aromatic N) is 3. The minimum absolute atomic E-state index is 0.0228. The number of aliphatic hydroxyl groups excluding tert-OH is 1. The van der Waals surface area contributed by atoms with Gasteiger partial charge in [0.15, 0.2) is 5.84 Å². The third kappa shape index (κ3) is 6.10. The summed E-state index contributed by atoms with van der Waals surface area (Å²) in [6.45, 7) is 11.6. The molecular weight excluding hydrogens is 256 g/mol. The van der Waals surface area contributed by atoms with Gasteiger partial charge in [0.2, 0.25) is 6.41 Å². The molecular formula is C14H26N4O2. The van der Waals surface area contributed by atoms with Crippen LogP contribution in [-0.2, 0) is 4.74 Å². The maximum Gasteiger partial charge on any atom is 0.215 e. The molecule has 0 radical (unpaired) electrons. The van der Waals surface area contributed by atoms with Crippen molar-refractivity contribution in [1.82, 2.24) is 4.90 Å². The lowest BCUT2D eigenvalue weighted by atomic mass is 10.2. The highest BCUT2D eigenvalue weighted by atomic mass is 16.6. The standard InChI is InChI=1S/C14H26N4O2/c1-7-12(15)11(3)13(16-4)17-10(2)8-9-18(5)14(19)20-6/h7,10,14,19H,1,4,8-9,15H2,2-3,5-6H3. The van der Waals surface area contributed by atoms with E-state index in [1.807, 2.05) is 13.8 Å². The molecule has 0 rings (SSSR count). The van der Waals surface area contributed by atoms with Crippen LogP contribution in [0.1, 0.15) is 20.3 Å². The number of rotatable bonds is 8. The molecule has 2 unspecified atom stereocenters. The molecule has 0 amide bonds. The Hall–Kier alpha value is -1.50. The van der Waals surface area contributed by atoms with Crippen LogP contribution in [-0.4, -0.2) is 55.7 Å².